The molecule has 0 fully saturated rings. The zero-order chi connectivity index (χ0) is 22.0. The maximum Gasteiger partial charge on any atom is 0.128 e. The van der Waals surface area contributed by atoms with Crippen molar-refractivity contribution in [1.82, 2.24) is 9.97 Å². The maximum absolute atomic E-state index is 4.75. The first-order valence-corrected chi connectivity index (χ1v) is 13.8. The van der Waals surface area contributed by atoms with Gasteiger partial charge in [-0.15, -0.1) is 34.9 Å². The average molecular weight is 483 g/mol. The van der Waals surface area contributed by atoms with Crippen molar-refractivity contribution in [2.24, 2.45) is 0 Å². The van der Waals surface area contributed by atoms with Gasteiger partial charge in [-0.1, -0.05) is 91.0 Å². The molecule has 2 nitrogen and oxygen atoms in total. The van der Waals surface area contributed by atoms with Gasteiger partial charge in [-0.3, -0.25) is 0 Å². The number of rotatable bonds is 5. The van der Waals surface area contributed by atoms with Gasteiger partial charge in [0.15, 0.2) is 0 Å². The molecule has 3 heterocycles. The van der Waals surface area contributed by atoms with Crippen LogP contribution in [0.25, 0.3) is 10.2 Å². The lowest BCUT2D eigenvalue weighted by atomic mass is 9.98. The summed E-state index contributed by atoms with van der Waals surface area (Å²) < 4.78 is 0. The Balaban J connectivity index is 1.45. The standard InChI is InChI=1S/C28H22N2S3/c1-4-10-19(11-5-1)17-31-27-24-22-16-23(20-12-6-2-7-13-20)32-25(21-14-8-3-9-15-21)26(22)33-28(24)30-18-29-27/h1-15,18,23,25H,16-17H2. The monoisotopic (exact) mass is 482 g/mol. The molecule has 0 saturated heterocycles. The molecule has 6 rings (SSSR count). The van der Waals surface area contributed by atoms with Gasteiger partial charge in [-0.05, 0) is 28.7 Å². The van der Waals surface area contributed by atoms with E-state index in [0.29, 0.717) is 10.5 Å². The number of benzene rings is 3. The predicted molar refractivity (Wildman–Crippen MR) is 142 cm³/mol. The Bertz CT molecular complexity index is 1370. The molecule has 2 aromatic heterocycles. The van der Waals surface area contributed by atoms with Crippen LogP contribution in [0.4, 0.5) is 0 Å². The summed E-state index contributed by atoms with van der Waals surface area (Å²) in [5, 5.41) is 3.09. The van der Waals surface area contributed by atoms with Crippen LogP contribution in [0.15, 0.2) is 102 Å². The number of hydrogen-bond acceptors (Lipinski definition) is 5. The Kier molecular flexibility index (Phi) is 5.93. The van der Waals surface area contributed by atoms with E-state index in [9.17, 15) is 0 Å². The number of aromatic nitrogens is 2. The van der Waals surface area contributed by atoms with Crippen LogP contribution in [-0.4, -0.2) is 9.97 Å². The van der Waals surface area contributed by atoms with E-state index in [1.807, 2.05) is 23.1 Å². The molecule has 0 spiro atoms. The number of thioether (sulfide) groups is 2. The molecule has 0 aliphatic carbocycles. The van der Waals surface area contributed by atoms with Crippen LogP contribution in [0.5, 0.6) is 0 Å². The minimum absolute atomic E-state index is 0.311. The van der Waals surface area contributed by atoms with E-state index >= 15 is 0 Å². The molecule has 0 bridgehead atoms. The summed E-state index contributed by atoms with van der Waals surface area (Å²) >= 11 is 5.74. The molecule has 162 valence electrons. The highest BCUT2D eigenvalue weighted by Gasteiger charge is 2.34. The third-order valence-electron chi connectivity index (χ3n) is 6.00. The second-order valence-electron chi connectivity index (χ2n) is 8.11. The molecular weight excluding hydrogens is 461 g/mol. The lowest BCUT2D eigenvalue weighted by Crippen LogP contribution is -2.11. The fourth-order valence-electron chi connectivity index (χ4n) is 4.41. The first-order chi connectivity index (χ1) is 16.4. The Labute approximate surface area is 206 Å². The molecule has 1 aliphatic rings. The topological polar surface area (TPSA) is 25.8 Å². The van der Waals surface area contributed by atoms with E-state index < -0.39 is 0 Å². The van der Waals surface area contributed by atoms with Gasteiger partial charge in [-0.25, -0.2) is 9.97 Å². The molecule has 0 N–H and O–H groups in total. The number of thiophene rings is 1. The van der Waals surface area contributed by atoms with Gasteiger partial charge in [0.05, 0.1) is 5.25 Å². The van der Waals surface area contributed by atoms with E-state index in [1.54, 1.807) is 6.33 Å². The highest BCUT2D eigenvalue weighted by molar-refractivity contribution is 8.00. The number of hydrogen-bond donors (Lipinski definition) is 0. The van der Waals surface area contributed by atoms with Crippen molar-refractivity contribution in [3.05, 3.63) is 124 Å². The van der Waals surface area contributed by atoms with Crippen molar-refractivity contribution in [2.75, 3.05) is 0 Å². The molecule has 5 aromatic rings. The third kappa shape index (κ3) is 4.21. The van der Waals surface area contributed by atoms with Gasteiger partial charge in [0.1, 0.15) is 16.2 Å². The van der Waals surface area contributed by atoms with Crippen LogP contribution >= 0.6 is 34.9 Å². The molecule has 0 saturated carbocycles. The molecule has 0 amide bonds. The average Bonchev–Trinajstić information content (AvgIpc) is 3.28. The van der Waals surface area contributed by atoms with Gasteiger partial charge >= 0.3 is 0 Å². The fraction of sp³-hybridized carbons (Fsp3) is 0.143. The molecule has 2 atom stereocenters. The van der Waals surface area contributed by atoms with Crippen LogP contribution in [0.1, 0.15) is 37.6 Å². The summed E-state index contributed by atoms with van der Waals surface area (Å²) in [5.41, 5.74) is 5.51. The molecular formula is C28H22N2S3. The first kappa shape index (κ1) is 21.0. The van der Waals surface area contributed by atoms with E-state index in [4.69, 9.17) is 9.97 Å². The van der Waals surface area contributed by atoms with Crippen LogP contribution < -0.4 is 0 Å². The second-order valence-corrected chi connectivity index (χ2v) is 11.4. The molecule has 5 heteroatoms. The molecule has 2 unspecified atom stereocenters. The molecule has 3 aromatic carbocycles. The summed E-state index contributed by atoms with van der Waals surface area (Å²) in [6.07, 6.45) is 2.75. The van der Waals surface area contributed by atoms with Crippen molar-refractivity contribution in [2.45, 2.75) is 27.7 Å². The van der Waals surface area contributed by atoms with Gasteiger partial charge in [0, 0.05) is 21.3 Å². The van der Waals surface area contributed by atoms with Crippen molar-refractivity contribution in [3.63, 3.8) is 0 Å². The molecule has 33 heavy (non-hydrogen) atoms. The van der Waals surface area contributed by atoms with Crippen molar-refractivity contribution in [3.8, 4) is 0 Å². The SMILES string of the molecule is c1ccc(CSc2ncnc3sc4c(c23)CC(c2ccccc2)SC4c2ccccc2)cc1. The summed E-state index contributed by atoms with van der Waals surface area (Å²) in [6, 6.07) is 32.5. The van der Waals surface area contributed by atoms with Crippen molar-refractivity contribution < 1.29 is 0 Å². The highest BCUT2D eigenvalue weighted by Crippen LogP contribution is 2.56. The molecule has 1 aliphatic heterocycles. The lowest BCUT2D eigenvalue weighted by molar-refractivity contribution is 0.891. The Morgan fingerprint density at radius 2 is 1.45 bits per heavy atom. The zero-order valence-electron chi connectivity index (χ0n) is 17.9. The van der Waals surface area contributed by atoms with Crippen LogP contribution in [-0.2, 0) is 12.2 Å². The summed E-state index contributed by atoms with van der Waals surface area (Å²) in [5.74, 6) is 0.913. The third-order valence-corrected chi connectivity index (χ3v) is 9.97. The number of fused-ring (bicyclic) bond motifs is 3. The quantitative estimate of drug-likeness (QED) is 0.187. The smallest absolute Gasteiger partial charge is 0.128 e. The Morgan fingerprint density at radius 3 is 2.18 bits per heavy atom. The van der Waals surface area contributed by atoms with E-state index in [-0.39, 0.29) is 0 Å². The zero-order valence-corrected chi connectivity index (χ0v) is 20.4. The minimum Gasteiger partial charge on any atom is -0.229 e. The maximum atomic E-state index is 4.75. The van der Waals surface area contributed by atoms with Gasteiger partial charge in [-0.2, -0.15) is 0 Å². The molecule has 0 radical (unpaired) electrons. The second kappa shape index (κ2) is 9.34. The highest BCUT2D eigenvalue weighted by atomic mass is 32.2. The van der Waals surface area contributed by atoms with E-state index in [2.05, 4.69) is 103 Å². The van der Waals surface area contributed by atoms with Gasteiger partial charge < -0.3 is 0 Å². The predicted octanol–water partition coefficient (Wildman–Crippen LogP) is 8.10. The van der Waals surface area contributed by atoms with E-state index in [0.717, 1.165) is 22.0 Å². The van der Waals surface area contributed by atoms with Crippen molar-refractivity contribution in [1.29, 1.82) is 0 Å². The first-order valence-electron chi connectivity index (χ1n) is 11.0. The Morgan fingerprint density at radius 1 is 0.788 bits per heavy atom. The van der Waals surface area contributed by atoms with Crippen molar-refractivity contribution >= 4 is 45.1 Å². The van der Waals surface area contributed by atoms with E-state index in [1.165, 1.54) is 32.5 Å². The van der Waals surface area contributed by atoms with Crippen LogP contribution in [0, 0.1) is 0 Å². The van der Waals surface area contributed by atoms with Crippen LogP contribution in [0.2, 0.25) is 0 Å². The largest absolute Gasteiger partial charge is 0.229 e. The minimum atomic E-state index is 0.311. The fourth-order valence-corrected chi connectivity index (χ4v) is 8.44. The van der Waals surface area contributed by atoms with Crippen LogP contribution in [0.3, 0.4) is 0 Å². The van der Waals surface area contributed by atoms with Gasteiger partial charge in [0.2, 0.25) is 0 Å². The Hall–Kier alpha value is -2.60. The summed E-state index contributed by atoms with van der Waals surface area (Å²) in [7, 11) is 0. The number of nitrogens with zero attached hydrogens (tertiary/aromatic N) is 2. The normalized spacial score (nSPS) is 17.7. The summed E-state index contributed by atoms with van der Waals surface area (Å²) in [4.78, 5) is 12.0. The summed E-state index contributed by atoms with van der Waals surface area (Å²) in [6.45, 7) is 0. The lowest BCUT2D eigenvalue weighted by Gasteiger charge is -2.30. The van der Waals surface area contributed by atoms with Gasteiger partial charge in [0.25, 0.3) is 0 Å².